The predicted molar refractivity (Wildman–Crippen MR) is 78.5 cm³/mol. The van der Waals surface area contributed by atoms with Gasteiger partial charge in [-0.1, -0.05) is 42.3 Å². The molecule has 1 N–H and O–H groups in total. The fourth-order valence-corrected chi connectivity index (χ4v) is 2.88. The molecule has 0 spiro atoms. The van der Waals surface area contributed by atoms with E-state index < -0.39 is 0 Å². The van der Waals surface area contributed by atoms with Crippen molar-refractivity contribution in [2.24, 2.45) is 0 Å². The summed E-state index contributed by atoms with van der Waals surface area (Å²) in [5.74, 6) is 0. The molecular formula is C11H10N2S3. The molecule has 0 bridgehead atoms. The third-order valence-corrected chi connectivity index (χ3v) is 3.74. The lowest BCUT2D eigenvalue weighted by Crippen LogP contribution is -2.15. The highest BCUT2D eigenvalue weighted by Crippen LogP contribution is 2.26. The number of rotatable bonds is 3. The summed E-state index contributed by atoms with van der Waals surface area (Å²) in [4.78, 5) is 1.71. The van der Waals surface area contributed by atoms with Crippen LogP contribution in [-0.2, 0) is 6.54 Å². The van der Waals surface area contributed by atoms with Crippen LogP contribution in [0.2, 0.25) is 0 Å². The second kappa shape index (κ2) is 4.95. The first-order valence-electron chi connectivity index (χ1n) is 4.71. The number of thiocarbonyl (C=S) groups is 2. The van der Waals surface area contributed by atoms with Gasteiger partial charge in [0.05, 0.1) is 4.91 Å². The Kier molecular flexibility index (Phi) is 3.58. The van der Waals surface area contributed by atoms with Gasteiger partial charge < -0.3 is 9.88 Å². The van der Waals surface area contributed by atoms with E-state index in [0.717, 1.165) is 21.5 Å². The fraction of sp³-hybridized carbons (Fsp3) is 0.0909. The molecule has 0 aliphatic carbocycles. The highest BCUT2D eigenvalue weighted by molar-refractivity contribution is 8.27. The van der Waals surface area contributed by atoms with Gasteiger partial charge in [-0.15, -0.1) is 6.58 Å². The molecule has 0 aromatic carbocycles. The van der Waals surface area contributed by atoms with Crippen LogP contribution in [0.25, 0.3) is 6.08 Å². The summed E-state index contributed by atoms with van der Waals surface area (Å²) in [7, 11) is 0. The topological polar surface area (TPSA) is 17.0 Å². The molecule has 2 heterocycles. The summed E-state index contributed by atoms with van der Waals surface area (Å²) >= 11 is 11.7. The van der Waals surface area contributed by atoms with Crippen molar-refractivity contribution in [3.05, 3.63) is 41.6 Å². The first-order valence-corrected chi connectivity index (χ1v) is 6.35. The molecule has 82 valence electrons. The second-order valence-electron chi connectivity index (χ2n) is 3.23. The summed E-state index contributed by atoms with van der Waals surface area (Å²) in [5, 5.41) is 2.96. The molecule has 16 heavy (non-hydrogen) atoms. The Morgan fingerprint density at radius 1 is 1.50 bits per heavy atom. The monoisotopic (exact) mass is 266 g/mol. The number of hydrogen-bond donors (Lipinski definition) is 1. The smallest absolute Gasteiger partial charge is 0.143 e. The van der Waals surface area contributed by atoms with E-state index in [1.54, 1.807) is 0 Å². The molecule has 0 unspecified atom stereocenters. The number of nitrogens with zero attached hydrogens (tertiary/aromatic N) is 1. The van der Waals surface area contributed by atoms with Gasteiger partial charge in [-0.05, 0) is 18.2 Å². The molecule has 2 rings (SSSR count). The summed E-state index contributed by atoms with van der Waals surface area (Å²) in [6, 6.07) is 4.05. The number of thioether (sulfide) groups is 1. The Bertz CT molecular complexity index is 485. The Morgan fingerprint density at radius 2 is 2.31 bits per heavy atom. The first-order chi connectivity index (χ1) is 7.70. The second-order valence-corrected chi connectivity index (χ2v) is 5.35. The van der Waals surface area contributed by atoms with E-state index >= 15 is 0 Å². The molecule has 1 aromatic heterocycles. The summed E-state index contributed by atoms with van der Waals surface area (Å²) in [6.45, 7) is 4.52. The van der Waals surface area contributed by atoms with Gasteiger partial charge in [-0.25, -0.2) is 0 Å². The van der Waals surface area contributed by atoms with Crippen LogP contribution in [0, 0.1) is 0 Å². The van der Waals surface area contributed by atoms with E-state index in [-0.39, 0.29) is 0 Å². The normalized spacial score (nSPS) is 17.9. The van der Waals surface area contributed by atoms with E-state index in [4.69, 9.17) is 24.4 Å². The van der Waals surface area contributed by atoms with Crippen molar-refractivity contribution in [3.8, 4) is 0 Å². The molecule has 1 aromatic rings. The average Bonchev–Trinajstić information content (AvgIpc) is 2.77. The number of hydrogen-bond acceptors (Lipinski definition) is 3. The van der Waals surface area contributed by atoms with Crippen molar-refractivity contribution in [1.29, 1.82) is 0 Å². The van der Waals surface area contributed by atoms with Crippen LogP contribution in [0.5, 0.6) is 0 Å². The standard InChI is InChI=1S/C11H10N2S3/c1-2-5-13-6-3-4-8(13)7-9-10(14)12-11(15)16-9/h2-4,6-7H,1,5H2,(H,12,14,15)/b9-7-. The summed E-state index contributed by atoms with van der Waals surface area (Å²) < 4.78 is 2.82. The number of aromatic nitrogens is 1. The Morgan fingerprint density at radius 3 is 2.94 bits per heavy atom. The first kappa shape index (κ1) is 11.6. The third kappa shape index (κ3) is 2.42. The van der Waals surface area contributed by atoms with Crippen LogP contribution in [0.15, 0.2) is 35.9 Å². The summed E-state index contributed by atoms with van der Waals surface area (Å²) in [5.41, 5.74) is 1.11. The van der Waals surface area contributed by atoms with Crippen LogP contribution < -0.4 is 5.32 Å². The minimum Gasteiger partial charge on any atom is -0.344 e. The van der Waals surface area contributed by atoms with Crippen LogP contribution in [0.1, 0.15) is 5.69 Å². The van der Waals surface area contributed by atoms with E-state index in [1.807, 2.05) is 30.5 Å². The molecule has 2 nitrogen and oxygen atoms in total. The Balaban J connectivity index is 2.28. The zero-order valence-corrected chi connectivity index (χ0v) is 10.9. The molecule has 1 fully saturated rings. The minimum atomic E-state index is 0.710. The molecule has 5 heteroatoms. The molecule has 0 atom stereocenters. The van der Waals surface area contributed by atoms with Gasteiger partial charge in [0.1, 0.15) is 9.31 Å². The maximum absolute atomic E-state index is 5.18. The van der Waals surface area contributed by atoms with Crippen LogP contribution in [-0.4, -0.2) is 13.9 Å². The lowest BCUT2D eigenvalue weighted by Gasteiger charge is -2.02. The fourth-order valence-electron chi connectivity index (χ4n) is 1.42. The van der Waals surface area contributed by atoms with E-state index in [2.05, 4.69) is 16.5 Å². The van der Waals surface area contributed by atoms with Crippen molar-refractivity contribution in [2.75, 3.05) is 0 Å². The quantitative estimate of drug-likeness (QED) is 0.514. The zero-order valence-electron chi connectivity index (χ0n) is 8.47. The van der Waals surface area contributed by atoms with Gasteiger partial charge in [0, 0.05) is 18.4 Å². The maximum atomic E-state index is 5.18. The summed E-state index contributed by atoms with van der Waals surface area (Å²) in [6.07, 6.45) is 5.93. The van der Waals surface area contributed by atoms with Gasteiger partial charge in [0.15, 0.2) is 0 Å². The largest absolute Gasteiger partial charge is 0.344 e. The van der Waals surface area contributed by atoms with Crippen molar-refractivity contribution < 1.29 is 0 Å². The lowest BCUT2D eigenvalue weighted by atomic mass is 10.3. The van der Waals surface area contributed by atoms with Crippen molar-refractivity contribution in [3.63, 3.8) is 0 Å². The van der Waals surface area contributed by atoms with E-state index in [0.29, 0.717) is 4.99 Å². The Hall–Kier alpha value is -0.910. The van der Waals surface area contributed by atoms with Gasteiger partial charge in [-0.2, -0.15) is 0 Å². The third-order valence-electron chi connectivity index (χ3n) is 2.11. The van der Waals surface area contributed by atoms with Gasteiger partial charge >= 0.3 is 0 Å². The van der Waals surface area contributed by atoms with Crippen molar-refractivity contribution >= 4 is 51.6 Å². The average molecular weight is 266 g/mol. The SMILES string of the molecule is C=CCn1cccc1/C=C1\SC(=S)NC1=S. The highest BCUT2D eigenvalue weighted by Gasteiger charge is 2.18. The molecule has 1 aliphatic rings. The van der Waals surface area contributed by atoms with Crippen molar-refractivity contribution in [1.82, 2.24) is 9.88 Å². The van der Waals surface area contributed by atoms with Crippen LogP contribution in [0.3, 0.4) is 0 Å². The molecule has 0 radical (unpaired) electrons. The van der Waals surface area contributed by atoms with E-state index in [9.17, 15) is 0 Å². The maximum Gasteiger partial charge on any atom is 0.143 e. The van der Waals surface area contributed by atoms with Crippen LogP contribution in [0.4, 0.5) is 0 Å². The zero-order chi connectivity index (χ0) is 11.5. The molecule has 1 aliphatic heterocycles. The predicted octanol–water partition coefficient (Wildman–Crippen LogP) is 2.96. The minimum absolute atomic E-state index is 0.710. The highest BCUT2D eigenvalue weighted by atomic mass is 32.2. The Labute approximate surface area is 109 Å². The van der Waals surface area contributed by atoms with Crippen LogP contribution >= 0.6 is 36.2 Å². The van der Waals surface area contributed by atoms with Gasteiger partial charge in [0.2, 0.25) is 0 Å². The molecular weight excluding hydrogens is 256 g/mol. The molecule has 1 saturated heterocycles. The van der Waals surface area contributed by atoms with Gasteiger partial charge in [0.25, 0.3) is 0 Å². The van der Waals surface area contributed by atoms with Gasteiger partial charge in [-0.3, -0.25) is 0 Å². The number of nitrogens with one attached hydrogen (secondary N) is 1. The molecule has 0 saturated carbocycles. The van der Waals surface area contributed by atoms with E-state index in [1.165, 1.54) is 11.8 Å². The van der Waals surface area contributed by atoms with Crippen molar-refractivity contribution in [2.45, 2.75) is 6.54 Å². The molecule has 0 amide bonds. The number of allylic oxidation sites excluding steroid dienone is 1. The lowest BCUT2D eigenvalue weighted by molar-refractivity contribution is 0.822.